The van der Waals surface area contributed by atoms with Crippen LogP contribution in [0.3, 0.4) is 0 Å². The molecular weight excluding hydrogens is 362 g/mol. The molecule has 0 saturated heterocycles. The Morgan fingerprint density at radius 3 is 2.38 bits per heavy atom. The van der Waals surface area contributed by atoms with Crippen LogP contribution in [0.15, 0.2) is 73.1 Å². The number of hydroxylamine groups is 1. The number of nitrogens with one attached hydrogen (secondary N) is 1. The summed E-state index contributed by atoms with van der Waals surface area (Å²) in [6.45, 7) is 1.10. The van der Waals surface area contributed by atoms with Gasteiger partial charge in [-0.05, 0) is 47.7 Å². The fraction of sp³-hybridized carbons (Fsp3) is 0.208. The van der Waals surface area contributed by atoms with Gasteiger partial charge in [0.15, 0.2) is 0 Å². The molecule has 0 radical (unpaired) electrons. The third-order valence-corrected chi connectivity index (χ3v) is 5.19. The van der Waals surface area contributed by atoms with Crippen LogP contribution in [0.25, 0.3) is 17.2 Å². The highest BCUT2D eigenvalue weighted by atomic mass is 16.5. The average molecular weight is 387 g/mol. The SMILES string of the molecule is OCCCCNc1ccc(-c2ccc(C3C=Cc4ccncc4N3O)cc2)cc1. The molecular formula is C24H25N3O2. The molecule has 2 heterocycles. The van der Waals surface area contributed by atoms with Crippen LogP contribution in [0.4, 0.5) is 11.4 Å². The zero-order chi connectivity index (χ0) is 20.1. The number of hydrogen-bond acceptors (Lipinski definition) is 5. The summed E-state index contributed by atoms with van der Waals surface area (Å²) in [5.74, 6) is 0. The number of aliphatic hydroxyl groups is 1. The Bertz CT molecular complexity index is 968. The summed E-state index contributed by atoms with van der Waals surface area (Å²) in [4.78, 5) is 4.11. The van der Waals surface area contributed by atoms with E-state index in [0.717, 1.165) is 47.3 Å². The summed E-state index contributed by atoms with van der Waals surface area (Å²) in [6.07, 6.45) is 9.20. The van der Waals surface area contributed by atoms with Crippen molar-refractivity contribution in [2.45, 2.75) is 18.9 Å². The summed E-state index contributed by atoms with van der Waals surface area (Å²) >= 11 is 0. The van der Waals surface area contributed by atoms with Crippen LogP contribution in [0, 0.1) is 0 Å². The molecule has 1 aromatic heterocycles. The highest BCUT2D eigenvalue weighted by molar-refractivity contribution is 5.71. The van der Waals surface area contributed by atoms with Crippen molar-refractivity contribution in [3.63, 3.8) is 0 Å². The summed E-state index contributed by atoms with van der Waals surface area (Å²) in [5, 5.41) is 24.1. The Morgan fingerprint density at radius 2 is 1.66 bits per heavy atom. The van der Waals surface area contributed by atoms with Gasteiger partial charge in [0.05, 0.1) is 17.9 Å². The lowest BCUT2D eigenvalue weighted by Crippen LogP contribution is -2.26. The van der Waals surface area contributed by atoms with Gasteiger partial charge in [0.25, 0.3) is 0 Å². The molecule has 3 N–H and O–H groups in total. The lowest BCUT2D eigenvalue weighted by atomic mass is 9.97. The number of pyridine rings is 1. The monoisotopic (exact) mass is 387 g/mol. The smallest absolute Gasteiger partial charge is 0.0998 e. The van der Waals surface area contributed by atoms with E-state index < -0.39 is 0 Å². The second-order valence-corrected chi connectivity index (χ2v) is 7.14. The van der Waals surface area contributed by atoms with Gasteiger partial charge in [-0.25, -0.2) is 5.06 Å². The lowest BCUT2D eigenvalue weighted by Gasteiger charge is -2.30. The van der Waals surface area contributed by atoms with Gasteiger partial charge in [0.2, 0.25) is 0 Å². The van der Waals surface area contributed by atoms with Crippen molar-refractivity contribution >= 4 is 17.5 Å². The van der Waals surface area contributed by atoms with Gasteiger partial charge in [-0.3, -0.25) is 10.2 Å². The highest BCUT2D eigenvalue weighted by Crippen LogP contribution is 2.35. The number of aromatic nitrogens is 1. The molecule has 29 heavy (non-hydrogen) atoms. The second kappa shape index (κ2) is 8.90. The molecule has 0 amide bonds. The largest absolute Gasteiger partial charge is 0.396 e. The molecule has 1 unspecified atom stereocenters. The predicted molar refractivity (Wildman–Crippen MR) is 117 cm³/mol. The Labute approximate surface area is 170 Å². The summed E-state index contributed by atoms with van der Waals surface area (Å²) in [5.41, 5.74) is 6.05. The fourth-order valence-electron chi connectivity index (χ4n) is 3.53. The molecule has 1 aliphatic rings. The van der Waals surface area contributed by atoms with E-state index in [4.69, 9.17) is 5.11 Å². The Kier molecular flexibility index (Phi) is 5.89. The molecule has 3 aromatic rings. The minimum Gasteiger partial charge on any atom is -0.396 e. The maximum atomic E-state index is 10.6. The molecule has 148 valence electrons. The van der Waals surface area contributed by atoms with Gasteiger partial charge in [-0.1, -0.05) is 48.6 Å². The molecule has 4 rings (SSSR count). The standard InChI is InChI=1S/C24H25N3O2/c28-16-2-1-14-26-22-10-7-19(8-11-22)18-3-5-20(6-4-18)23-12-9-21-13-15-25-17-24(21)27(23)29/h3-13,15,17,23,26,28-29H,1-2,14,16H2. The molecule has 5 nitrogen and oxygen atoms in total. The number of unbranched alkanes of at least 4 members (excludes halogenated alkanes) is 1. The summed E-state index contributed by atoms with van der Waals surface area (Å²) in [7, 11) is 0. The van der Waals surface area contributed by atoms with E-state index in [1.54, 1.807) is 12.4 Å². The number of aliphatic hydroxyl groups excluding tert-OH is 1. The van der Waals surface area contributed by atoms with Crippen LogP contribution in [-0.2, 0) is 0 Å². The Hall–Kier alpha value is -3.15. The third kappa shape index (κ3) is 4.31. The van der Waals surface area contributed by atoms with E-state index in [0.29, 0.717) is 5.69 Å². The van der Waals surface area contributed by atoms with Crippen LogP contribution in [0.5, 0.6) is 0 Å². The van der Waals surface area contributed by atoms with Crippen molar-refractivity contribution in [3.05, 3.63) is 84.2 Å². The van der Waals surface area contributed by atoms with E-state index in [1.165, 1.54) is 5.06 Å². The highest BCUT2D eigenvalue weighted by Gasteiger charge is 2.22. The molecule has 0 fully saturated rings. The summed E-state index contributed by atoms with van der Waals surface area (Å²) in [6, 6.07) is 18.3. The van der Waals surface area contributed by atoms with Gasteiger partial charge < -0.3 is 10.4 Å². The quantitative estimate of drug-likeness (QED) is 0.503. The summed E-state index contributed by atoms with van der Waals surface area (Å²) < 4.78 is 0. The topological polar surface area (TPSA) is 68.6 Å². The van der Waals surface area contributed by atoms with Gasteiger partial charge in [-0.2, -0.15) is 0 Å². The Morgan fingerprint density at radius 1 is 0.931 bits per heavy atom. The number of benzene rings is 2. The van der Waals surface area contributed by atoms with Crippen molar-refractivity contribution in [2.75, 3.05) is 23.5 Å². The van der Waals surface area contributed by atoms with Crippen LogP contribution >= 0.6 is 0 Å². The zero-order valence-electron chi connectivity index (χ0n) is 16.2. The van der Waals surface area contributed by atoms with Crippen molar-refractivity contribution in [1.29, 1.82) is 0 Å². The molecule has 0 bridgehead atoms. The number of anilines is 2. The molecule has 0 spiro atoms. The van der Waals surface area contributed by atoms with Crippen LogP contribution in [-0.4, -0.2) is 28.4 Å². The number of nitrogens with zero attached hydrogens (tertiary/aromatic N) is 2. The van der Waals surface area contributed by atoms with Gasteiger partial charge in [0, 0.05) is 30.6 Å². The first-order valence-electron chi connectivity index (χ1n) is 9.92. The van der Waals surface area contributed by atoms with Gasteiger partial charge >= 0.3 is 0 Å². The average Bonchev–Trinajstić information content (AvgIpc) is 2.78. The number of hydrogen-bond donors (Lipinski definition) is 3. The minimum atomic E-state index is -0.230. The maximum Gasteiger partial charge on any atom is 0.0998 e. The lowest BCUT2D eigenvalue weighted by molar-refractivity contribution is 0.232. The van der Waals surface area contributed by atoms with Gasteiger partial charge in [-0.15, -0.1) is 0 Å². The van der Waals surface area contributed by atoms with Crippen LogP contribution in [0.1, 0.15) is 30.0 Å². The van der Waals surface area contributed by atoms with E-state index in [2.05, 4.69) is 58.8 Å². The predicted octanol–water partition coefficient (Wildman–Crippen LogP) is 4.90. The van der Waals surface area contributed by atoms with Crippen molar-refractivity contribution in [3.8, 4) is 11.1 Å². The van der Waals surface area contributed by atoms with Crippen LogP contribution < -0.4 is 10.4 Å². The number of fused-ring (bicyclic) bond motifs is 1. The normalized spacial score (nSPS) is 15.2. The molecule has 0 saturated carbocycles. The number of rotatable bonds is 7. The van der Waals surface area contributed by atoms with E-state index in [1.807, 2.05) is 18.2 Å². The molecule has 1 atom stereocenters. The first kappa shape index (κ1) is 19.2. The molecule has 1 aliphatic heterocycles. The van der Waals surface area contributed by atoms with Crippen molar-refractivity contribution in [2.24, 2.45) is 0 Å². The minimum absolute atomic E-state index is 0.230. The fourth-order valence-corrected chi connectivity index (χ4v) is 3.53. The molecule has 2 aromatic carbocycles. The van der Waals surface area contributed by atoms with E-state index in [-0.39, 0.29) is 12.6 Å². The first-order chi connectivity index (χ1) is 14.3. The Balaban J connectivity index is 1.45. The second-order valence-electron chi connectivity index (χ2n) is 7.14. The van der Waals surface area contributed by atoms with Crippen LogP contribution in [0.2, 0.25) is 0 Å². The van der Waals surface area contributed by atoms with Crippen molar-refractivity contribution in [1.82, 2.24) is 4.98 Å². The maximum absolute atomic E-state index is 10.6. The third-order valence-electron chi connectivity index (χ3n) is 5.19. The molecule has 5 heteroatoms. The first-order valence-corrected chi connectivity index (χ1v) is 9.92. The van der Waals surface area contributed by atoms with Crippen molar-refractivity contribution < 1.29 is 10.3 Å². The van der Waals surface area contributed by atoms with E-state index in [9.17, 15) is 5.21 Å². The molecule has 0 aliphatic carbocycles. The van der Waals surface area contributed by atoms with E-state index >= 15 is 0 Å². The zero-order valence-corrected chi connectivity index (χ0v) is 16.2. The van der Waals surface area contributed by atoms with Gasteiger partial charge in [0.1, 0.15) is 0 Å².